The predicted molar refractivity (Wildman–Crippen MR) is 136 cm³/mol. The maximum Gasteiger partial charge on any atom is 0.373 e. The van der Waals surface area contributed by atoms with Gasteiger partial charge in [0.2, 0.25) is 5.76 Å². The fraction of sp³-hybridized carbons (Fsp3) is 0.300. The minimum atomic E-state index is -0.567. The highest BCUT2D eigenvalue weighted by atomic mass is 16.6. The van der Waals surface area contributed by atoms with E-state index in [0.29, 0.717) is 19.8 Å². The van der Waals surface area contributed by atoms with Crippen molar-refractivity contribution in [1.29, 1.82) is 0 Å². The first-order valence-electron chi connectivity index (χ1n) is 12.2. The van der Waals surface area contributed by atoms with Crippen molar-refractivity contribution in [2.45, 2.75) is 45.1 Å². The van der Waals surface area contributed by atoms with Crippen molar-refractivity contribution in [1.82, 2.24) is 0 Å². The first kappa shape index (κ1) is 25.6. The monoisotopic (exact) mass is 488 g/mol. The molecule has 36 heavy (non-hydrogen) atoms. The van der Waals surface area contributed by atoms with Crippen LogP contribution in [0.15, 0.2) is 103 Å². The van der Waals surface area contributed by atoms with E-state index in [1.165, 1.54) is 0 Å². The summed E-state index contributed by atoms with van der Waals surface area (Å²) in [5.74, 6) is -0.414. The van der Waals surface area contributed by atoms with Gasteiger partial charge in [0, 0.05) is 0 Å². The molecule has 0 saturated carbocycles. The second-order valence-electron chi connectivity index (χ2n) is 8.43. The molecule has 3 atom stereocenters. The highest BCUT2D eigenvalue weighted by Gasteiger charge is 2.39. The van der Waals surface area contributed by atoms with Crippen LogP contribution in [0.5, 0.6) is 0 Å². The fourth-order valence-corrected chi connectivity index (χ4v) is 3.92. The standard InChI is InChI=1S/C30H32O6/c1-2-33-30(31)27-18-26(34-20-24-14-8-4-9-15-24)29(35-21-25-16-10-5-11-17-25)28(36-27)22-32-19-23-12-6-3-7-13-23/h3-18,26,28-29H,2,19-22H2,1H3/t26-,28+,29-/m0/s1. The molecule has 188 valence electrons. The lowest BCUT2D eigenvalue weighted by Crippen LogP contribution is -2.48. The van der Waals surface area contributed by atoms with Crippen molar-refractivity contribution in [2.24, 2.45) is 0 Å². The summed E-state index contributed by atoms with van der Waals surface area (Å²) in [6.07, 6.45) is 0.0578. The summed E-state index contributed by atoms with van der Waals surface area (Å²) in [4.78, 5) is 12.6. The zero-order valence-electron chi connectivity index (χ0n) is 20.5. The molecule has 0 amide bonds. The van der Waals surface area contributed by atoms with Crippen molar-refractivity contribution in [3.63, 3.8) is 0 Å². The van der Waals surface area contributed by atoms with Crippen LogP contribution in [0.2, 0.25) is 0 Å². The molecule has 0 spiro atoms. The topological polar surface area (TPSA) is 63.2 Å². The van der Waals surface area contributed by atoms with Crippen LogP contribution < -0.4 is 0 Å². The molecule has 1 aliphatic heterocycles. The molecule has 3 aromatic rings. The van der Waals surface area contributed by atoms with Gasteiger partial charge in [-0.3, -0.25) is 0 Å². The smallest absolute Gasteiger partial charge is 0.373 e. The normalized spacial score (nSPS) is 19.2. The van der Waals surface area contributed by atoms with Gasteiger partial charge in [0.05, 0.1) is 33.0 Å². The Morgan fingerprint density at radius 3 is 1.83 bits per heavy atom. The maximum absolute atomic E-state index is 12.6. The first-order chi connectivity index (χ1) is 17.7. The molecule has 0 N–H and O–H groups in total. The van der Waals surface area contributed by atoms with Gasteiger partial charge in [0.15, 0.2) is 6.10 Å². The highest BCUT2D eigenvalue weighted by molar-refractivity contribution is 5.86. The van der Waals surface area contributed by atoms with Crippen molar-refractivity contribution in [2.75, 3.05) is 13.2 Å². The lowest BCUT2D eigenvalue weighted by molar-refractivity contribution is -0.167. The molecule has 0 unspecified atom stereocenters. The van der Waals surface area contributed by atoms with E-state index >= 15 is 0 Å². The third kappa shape index (κ3) is 7.52. The quantitative estimate of drug-likeness (QED) is 0.326. The van der Waals surface area contributed by atoms with Crippen molar-refractivity contribution >= 4 is 5.97 Å². The Hall–Kier alpha value is -3.45. The van der Waals surface area contributed by atoms with Crippen molar-refractivity contribution in [3.05, 3.63) is 120 Å². The van der Waals surface area contributed by atoms with Crippen LogP contribution in [0.3, 0.4) is 0 Å². The van der Waals surface area contributed by atoms with E-state index in [-0.39, 0.29) is 19.0 Å². The van der Waals surface area contributed by atoms with Gasteiger partial charge in [0.25, 0.3) is 0 Å². The molecule has 0 fully saturated rings. The summed E-state index contributed by atoms with van der Waals surface area (Å²) in [6, 6.07) is 29.7. The van der Waals surface area contributed by atoms with Gasteiger partial charge in [-0.1, -0.05) is 91.0 Å². The molecule has 4 rings (SSSR count). The largest absolute Gasteiger partial charge is 0.478 e. The number of carbonyl (C=O) groups is 1. The lowest BCUT2D eigenvalue weighted by Gasteiger charge is -2.36. The summed E-state index contributed by atoms with van der Waals surface area (Å²) < 4.78 is 29.9. The van der Waals surface area contributed by atoms with Gasteiger partial charge in [0.1, 0.15) is 12.2 Å². The number of ether oxygens (including phenoxy) is 5. The molecule has 0 bridgehead atoms. The third-order valence-corrected chi connectivity index (χ3v) is 5.73. The first-order valence-corrected chi connectivity index (χ1v) is 12.2. The van der Waals surface area contributed by atoms with Gasteiger partial charge in [-0.2, -0.15) is 0 Å². The molecule has 6 heteroatoms. The summed E-state index contributed by atoms with van der Waals surface area (Å²) in [5.41, 5.74) is 3.10. The molecule has 0 aliphatic carbocycles. The average Bonchev–Trinajstić information content (AvgIpc) is 2.93. The minimum Gasteiger partial charge on any atom is -0.478 e. The van der Waals surface area contributed by atoms with E-state index in [1.54, 1.807) is 13.0 Å². The molecule has 0 saturated heterocycles. The van der Waals surface area contributed by atoms with E-state index in [4.69, 9.17) is 23.7 Å². The maximum atomic E-state index is 12.6. The lowest BCUT2D eigenvalue weighted by atomic mass is 10.0. The summed E-state index contributed by atoms with van der Waals surface area (Å²) in [5, 5.41) is 0. The fourth-order valence-electron chi connectivity index (χ4n) is 3.92. The Labute approximate surface area is 212 Å². The summed E-state index contributed by atoms with van der Waals surface area (Å²) in [6.45, 7) is 3.38. The van der Waals surface area contributed by atoms with Crippen LogP contribution in [0.4, 0.5) is 0 Å². The highest BCUT2D eigenvalue weighted by Crippen LogP contribution is 2.26. The Bertz CT molecular complexity index is 1080. The molecular weight excluding hydrogens is 456 g/mol. The Morgan fingerprint density at radius 1 is 0.750 bits per heavy atom. The van der Waals surface area contributed by atoms with E-state index in [2.05, 4.69) is 0 Å². The van der Waals surface area contributed by atoms with Crippen LogP contribution in [-0.4, -0.2) is 37.5 Å². The van der Waals surface area contributed by atoms with E-state index < -0.39 is 24.3 Å². The zero-order chi connectivity index (χ0) is 25.0. The van der Waals surface area contributed by atoms with Crippen LogP contribution in [0, 0.1) is 0 Å². The molecular formula is C30H32O6. The van der Waals surface area contributed by atoms with Crippen LogP contribution in [0.1, 0.15) is 23.6 Å². The third-order valence-electron chi connectivity index (χ3n) is 5.73. The Morgan fingerprint density at radius 2 is 1.28 bits per heavy atom. The van der Waals surface area contributed by atoms with Gasteiger partial charge in [-0.25, -0.2) is 4.79 Å². The summed E-state index contributed by atoms with van der Waals surface area (Å²) >= 11 is 0. The SMILES string of the molecule is CCOC(=O)C1=C[C@H](OCc2ccccc2)[C@H](OCc2ccccc2)[C@@H](COCc2ccccc2)O1. The molecule has 0 aromatic heterocycles. The van der Waals surface area contributed by atoms with Gasteiger partial charge in [-0.05, 0) is 29.7 Å². The number of rotatable bonds is 12. The second-order valence-corrected chi connectivity index (χ2v) is 8.43. The van der Waals surface area contributed by atoms with Crippen molar-refractivity contribution < 1.29 is 28.5 Å². The summed E-state index contributed by atoms with van der Waals surface area (Å²) in [7, 11) is 0. The zero-order valence-corrected chi connectivity index (χ0v) is 20.5. The average molecular weight is 489 g/mol. The number of esters is 1. The minimum absolute atomic E-state index is 0.114. The Balaban J connectivity index is 1.53. The van der Waals surface area contributed by atoms with Gasteiger partial charge < -0.3 is 23.7 Å². The van der Waals surface area contributed by atoms with E-state index in [1.807, 2.05) is 91.0 Å². The van der Waals surface area contributed by atoms with Crippen LogP contribution in [0.25, 0.3) is 0 Å². The number of benzene rings is 3. The van der Waals surface area contributed by atoms with E-state index in [9.17, 15) is 4.79 Å². The van der Waals surface area contributed by atoms with Gasteiger partial charge in [-0.15, -0.1) is 0 Å². The Kier molecular flexibility index (Phi) is 9.68. The van der Waals surface area contributed by atoms with E-state index in [0.717, 1.165) is 16.7 Å². The number of carbonyl (C=O) groups excluding carboxylic acids is 1. The van der Waals surface area contributed by atoms with Crippen LogP contribution in [-0.2, 0) is 48.3 Å². The molecule has 6 nitrogen and oxygen atoms in total. The van der Waals surface area contributed by atoms with Crippen molar-refractivity contribution in [3.8, 4) is 0 Å². The molecule has 1 heterocycles. The molecule has 1 aliphatic rings. The van der Waals surface area contributed by atoms with Crippen LogP contribution >= 0.6 is 0 Å². The number of hydrogen-bond donors (Lipinski definition) is 0. The molecule has 3 aromatic carbocycles. The molecule has 0 radical (unpaired) electrons. The second kappa shape index (κ2) is 13.6. The predicted octanol–water partition coefficient (Wildman–Crippen LogP) is 5.22. The number of hydrogen-bond acceptors (Lipinski definition) is 6. The van der Waals surface area contributed by atoms with Gasteiger partial charge >= 0.3 is 5.97 Å².